The van der Waals surface area contributed by atoms with Gasteiger partial charge in [-0.15, -0.1) is 18.3 Å². The van der Waals surface area contributed by atoms with Gasteiger partial charge in [-0.25, -0.2) is 9.67 Å². The molecule has 0 saturated carbocycles. The fraction of sp³-hybridized carbons (Fsp3) is 0.167. The molecule has 35 heavy (non-hydrogen) atoms. The Balaban J connectivity index is 1.33. The summed E-state index contributed by atoms with van der Waals surface area (Å²) in [6, 6.07) is 12.9. The van der Waals surface area contributed by atoms with Gasteiger partial charge in [0.15, 0.2) is 10.9 Å². The van der Waals surface area contributed by atoms with E-state index in [1.807, 2.05) is 31.2 Å². The number of benzene rings is 2. The van der Waals surface area contributed by atoms with Crippen molar-refractivity contribution in [2.75, 3.05) is 0 Å². The lowest BCUT2D eigenvalue weighted by atomic mass is 10.1. The lowest BCUT2D eigenvalue weighted by Gasteiger charge is -2.15. The predicted octanol–water partition coefficient (Wildman–Crippen LogP) is 4.91. The SMILES string of the molecule is CC(NC(=S)N/N=C/c1ccc(-c2ncn(-c3ccc(OC(F)(F)F)cc3)n2)cc1)C1=CCC=C1. The minimum absolute atomic E-state index is 0.0988. The van der Waals surface area contributed by atoms with E-state index in [9.17, 15) is 13.2 Å². The van der Waals surface area contributed by atoms with E-state index in [0.29, 0.717) is 16.6 Å². The molecule has 180 valence electrons. The van der Waals surface area contributed by atoms with Gasteiger partial charge >= 0.3 is 6.36 Å². The number of hydrogen-bond acceptors (Lipinski definition) is 5. The molecule has 4 rings (SSSR count). The molecule has 0 saturated heterocycles. The highest BCUT2D eigenvalue weighted by Crippen LogP contribution is 2.24. The standard InChI is InChI=1S/C24H21F3N6OS/c1-16(18-4-2-3-5-18)30-23(35)31-29-14-17-6-8-19(9-7-17)22-28-15-33(32-22)20-10-12-21(13-11-20)34-24(25,26)27/h2,4-16H,3H2,1H3,(H2,30,31,35)/b29-14+. The zero-order chi connectivity index (χ0) is 24.8. The Bertz CT molecular complexity index is 1260. The first-order valence-electron chi connectivity index (χ1n) is 10.6. The van der Waals surface area contributed by atoms with Crippen molar-refractivity contribution in [3.63, 3.8) is 0 Å². The van der Waals surface area contributed by atoms with Crippen molar-refractivity contribution in [3.05, 3.63) is 84.2 Å². The number of nitrogens with one attached hydrogen (secondary N) is 2. The van der Waals surface area contributed by atoms with Gasteiger partial charge in [0.2, 0.25) is 0 Å². The van der Waals surface area contributed by atoms with Gasteiger partial charge in [-0.2, -0.15) is 5.10 Å². The van der Waals surface area contributed by atoms with Crippen LogP contribution in [0.25, 0.3) is 17.1 Å². The highest BCUT2D eigenvalue weighted by molar-refractivity contribution is 7.80. The molecule has 0 aliphatic heterocycles. The van der Waals surface area contributed by atoms with Crippen LogP contribution in [-0.2, 0) is 0 Å². The van der Waals surface area contributed by atoms with Crippen LogP contribution in [-0.4, -0.2) is 38.5 Å². The zero-order valence-corrected chi connectivity index (χ0v) is 19.3. The van der Waals surface area contributed by atoms with Crippen molar-refractivity contribution in [2.24, 2.45) is 5.10 Å². The van der Waals surface area contributed by atoms with Crippen LogP contribution in [0.2, 0.25) is 0 Å². The molecule has 7 nitrogen and oxygen atoms in total. The number of hydrogen-bond donors (Lipinski definition) is 2. The van der Waals surface area contributed by atoms with Crippen molar-refractivity contribution >= 4 is 23.5 Å². The van der Waals surface area contributed by atoms with Crippen LogP contribution in [0.15, 0.2) is 83.8 Å². The lowest BCUT2D eigenvalue weighted by molar-refractivity contribution is -0.274. The summed E-state index contributed by atoms with van der Waals surface area (Å²) < 4.78 is 42.3. The second-order valence-electron chi connectivity index (χ2n) is 7.58. The van der Waals surface area contributed by atoms with Crippen molar-refractivity contribution < 1.29 is 17.9 Å². The molecule has 1 aliphatic carbocycles. The van der Waals surface area contributed by atoms with Gasteiger partial charge in [0.05, 0.1) is 17.9 Å². The van der Waals surface area contributed by atoms with Crippen molar-refractivity contribution in [1.29, 1.82) is 0 Å². The van der Waals surface area contributed by atoms with E-state index in [2.05, 4.69) is 48.9 Å². The third kappa shape index (κ3) is 6.76. The van der Waals surface area contributed by atoms with E-state index in [1.54, 1.807) is 6.21 Å². The molecule has 3 aromatic rings. The maximum absolute atomic E-state index is 12.3. The number of rotatable bonds is 7. The zero-order valence-electron chi connectivity index (χ0n) is 18.5. The van der Waals surface area contributed by atoms with Crippen LogP contribution in [0.1, 0.15) is 18.9 Å². The average molecular weight is 499 g/mol. The van der Waals surface area contributed by atoms with Crippen molar-refractivity contribution in [2.45, 2.75) is 25.7 Å². The maximum Gasteiger partial charge on any atom is 0.573 e. The summed E-state index contributed by atoms with van der Waals surface area (Å²) in [6.45, 7) is 2.03. The monoisotopic (exact) mass is 498 g/mol. The molecule has 2 aromatic carbocycles. The van der Waals surface area contributed by atoms with Crippen LogP contribution in [0.3, 0.4) is 0 Å². The highest BCUT2D eigenvalue weighted by atomic mass is 32.1. The minimum Gasteiger partial charge on any atom is -0.406 e. The Kier molecular flexibility index (Phi) is 7.25. The number of aromatic nitrogens is 3. The molecule has 0 fully saturated rings. The fourth-order valence-corrected chi connectivity index (χ4v) is 3.54. The molecule has 1 aromatic heterocycles. The number of hydrazone groups is 1. The van der Waals surface area contributed by atoms with Crippen molar-refractivity contribution in [3.8, 4) is 22.8 Å². The number of ether oxygens (including phenoxy) is 1. The molecule has 1 aliphatic rings. The molecule has 0 radical (unpaired) electrons. The summed E-state index contributed by atoms with van der Waals surface area (Å²) in [4.78, 5) is 4.28. The van der Waals surface area contributed by atoms with Gasteiger partial charge in [0, 0.05) is 5.56 Å². The van der Waals surface area contributed by atoms with Gasteiger partial charge in [-0.05, 0) is 61.0 Å². The Morgan fingerprint density at radius 2 is 1.91 bits per heavy atom. The van der Waals surface area contributed by atoms with E-state index in [0.717, 1.165) is 17.5 Å². The number of allylic oxidation sites excluding steroid dienone is 2. The number of alkyl halides is 3. The van der Waals surface area contributed by atoms with Crippen LogP contribution in [0, 0.1) is 0 Å². The van der Waals surface area contributed by atoms with Crippen LogP contribution in [0.5, 0.6) is 5.75 Å². The molecule has 11 heteroatoms. The van der Waals surface area contributed by atoms with Gasteiger partial charge in [-0.1, -0.05) is 42.5 Å². The molecule has 0 amide bonds. The molecule has 0 bridgehead atoms. The Hall–Kier alpha value is -3.99. The van der Waals surface area contributed by atoms with Gasteiger partial charge in [0.25, 0.3) is 0 Å². The van der Waals surface area contributed by atoms with E-state index in [4.69, 9.17) is 12.2 Å². The van der Waals surface area contributed by atoms with E-state index in [-0.39, 0.29) is 11.8 Å². The summed E-state index contributed by atoms with van der Waals surface area (Å²) in [5.74, 6) is 0.166. The minimum atomic E-state index is -4.74. The van der Waals surface area contributed by atoms with E-state index in [1.165, 1.54) is 40.8 Å². The molecule has 1 unspecified atom stereocenters. The second-order valence-corrected chi connectivity index (χ2v) is 7.99. The van der Waals surface area contributed by atoms with Gasteiger partial charge in [0.1, 0.15) is 12.1 Å². The fourth-order valence-electron chi connectivity index (χ4n) is 3.31. The van der Waals surface area contributed by atoms with Crippen LogP contribution < -0.4 is 15.5 Å². The first-order valence-corrected chi connectivity index (χ1v) is 11.0. The molecular formula is C24H21F3N6OS. The van der Waals surface area contributed by atoms with Gasteiger partial charge < -0.3 is 10.1 Å². The summed E-state index contributed by atoms with van der Waals surface area (Å²) in [6.07, 6.45) is 5.66. The van der Waals surface area contributed by atoms with E-state index >= 15 is 0 Å². The number of thiocarbonyl (C=S) groups is 1. The average Bonchev–Trinajstić information content (AvgIpc) is 3.52. The normalized spacial score (nSPS) is 14.1. The highest BCUT2D eigenvalue weighted by Gasteiger charge is 2.31. The summed E-state index contributed by atoms with van der Waals surface area (Å²) >= 11 is 5.28. The topological polar surface area (TPSA) is 76.4 Å². The predicted molar refractivity (Wildman–Crippen MR) is 131 cm³/mol. The first-order chi connectivity index (χ1) is 16.8. The summed E-state index contributed by atoms with van der Waals surface area (Å²) in [5.41, 5.74) is 6.17. The molecule has 1 atom stereocenters. The van der Waals surface area contributed by atoms with E-state index < -0.39 is 6.36 Å². The maximum atomic E-state index is 12.3. The Morgan fingerprint density at radius 1 is 1.17 bits per heavy atom. The Morgan fingerprint density at radius 3 is 2.57 bits per heavy atom. The largest absolute Gasteiger partial charge is 0.573 e. The third-order valence-electron chi connectivity index (χ3n) is 5.02. The summed E-state index contributed by atoms with van der Waals surface area (Å²) in [7, 11) is 0. The third-order valence-corrected chi connectivity index (χ3v) is 5.23. The molecule has 1 heterocycles. The van der Waals surface area contributed by atoms with Crippen molar-refractivity contribution in [1.82, 2.24) is 25.5 Å². The molecule has 0 spiro atoms. The molecular weight excluding hydrogens is 477 g/mol. The molecule has 2 N–H and O–H groups in total. The van der Waals surface area contributed by atoms with Crippen LogP contribution >= 0.6 is 12.2 Å². The van der Waals surface area contributed by atoms with Crippen LogP contribution in [0.4, 0.5) is 13.2 Å². The number of nitrogens with zero attached hydrogens (tertiary/aromatic N) is 4. The Labute approximate surface area is 205 Å². The quantitative estimate of drug-likeness (QED) is 0.274. The lowest BCUT2D eigenvalue weighted by Crippen LogP contribution is -2.39. The van der Waals surface area contributed by atoms with Gasteiger partial charge in [-0.3, -0.25) is 5.43 Å². The smallest absolute Gasteiger partial charge is 0.406 e. The summed E-state index contributed by atoms with van der Waals surface area (Å²) in [5, 5.41) is 12.2. The number of halogens is 3. The second kappa shape index (κ2) is 10.5. The first kappa shape index (κ1) is 24.1.